The summed E-state index contributed by atoms with van der Waals surface area (Å²) in [5.74, 6) is 7.01. The predicted octanol–water partition coefficient (Wildman–Crippen LogP) is 1.80. The van der Waals surface area contributed by atoms with E-state index in [1.165, 1.54) is 0 Å². The average Bonchev–Trinajstić information content (AvgIpc) is 2.61. The molecule has 6 nitrogen and oxygen atoms in total. The first kappa shape index (κ1) is 19.3. The molecule has 6 heteroatoms. The van der Waals surface area contributed by atoms with Gasteiger partial charge in [-0.2, -0.15) is 15.0 Å². The van der Waals surface area contributed by atoms with Gasteiger partial charge >= 0.3 is 0 Å². The van der Waals surface area contributed by atoms with Crippen LogP contribution < -0.4 is 14.7 Å². The van der Waals surface area contributed by atoms with E-state index in [0.29, 0.717) is 50.6 Å². The van der Waals surface area contributed by atoms with Gasteiger partial charge in [-0.3, -0.25) is 0 Å². The van der Waals surface area contributed by atoms with Crippen LogP contribution in [0.15, 0.2) is 12.7 Å². The summed E-state index contributed by atoms with van der Waals surface area (Å²) in [7, 11) is 0. The number of hydrogen-bond acceptors (Lipinski definition) is 6. The van der Waals surface area contributed by atoms with Crippen LogP contribution in [-0.2, 0) is 0 Å². The zero-order valence-electron chi connectivity index (χ0n) is 14.9. The third-order valence-corrected chi connectivity index (χ3v) is 3.51. The summed E-state index contributed by atoms with van der Waals surface area (Å²) in [5, 5.41) is 0. The van der Waals surface area contributed by atoms with Crippen molar-refractivity contribution in [1.29, 1.82) is 0 Å². The van der Waals surface area contributed by atoms with Crippen LogP contribution >= 0.6 is 0 Å². The van der Waals surface area contributed by atoms with E-state index in [-0.39, 0.29) is 0 Å². The van der Waals surface area contributed by atoms with Crippen LogP contribution in [0.1, 0.15) is 20.8 Å². The molecule has 0 unspecified atom stereocenters. The number of anilines is 3. The van der Waals surface area contributed by atoms with Gasteiger partial charge in [-0.1, -0.05) is 17.9 Å². The minimum atomic E-state index is 0.439. The fourth-order valence-electron chi connectivity index (χ4n) is 2.14. The Balaban J connectivity index is 3.40. The zero-order chi connectivity index (χ0) is 17.9. The Hall–Kier alpha value is -2.73. The van der Waals surface area contributed by atoms with Crippen LogP contribution in [0.3, 0.4) is 0 Å². The highest BCUT2D eigenvalue weighted by atomic mass is 15.4. The summed E-state index contributed by atoms with van der Waals surface area (Å²) in [4.78, 5) is 19.7. The van der Waals surface area contributed by atoms with Crippen molar-refractivity contribution in [1.82, 2.24) is 15.0 Å². The van der Waals surface area contributed by atoms with Gasteiger partial charge in [0.15, 0.2) is 0 Å². The van der Waals surface area contributed by atoms with Crippen LogP contribution in [0.5, 0.6) is 0 Å². The lowest BCUT2D eigenvalue weighted by Crippen LogP contribution is -2.32. The number of nitrogens with zero attached hydrogens (tertiary/aromatic N) is 6. The van der Waals surface area contributed by atoms with Crippen molar-refractivity contribution in [2.24, 2.45) is 0 Å². The first-order chi connectivity index (χ1) is 11.6. The summed E-state index contributed by atoms with van der Waals surface area (Å²) >= 11 is 0. The van der Waals surface area contributed by atoms with Crippen molar-refractivity contribution in [3.63, 3.8) is 0 Å². The van der Waals surface area contributed by atoms with E-state index in [0.717, 1.165) is 6.54 Å². The van der Waals surface area contributed by atoms with Gasteiger partial charge in [0.05, 0.1) is 13.1 Å². The first-order valence-electron chi connectivity index (χ1n) is 8.13. The molecule has 0 N–H and O–H groups in total. The molecule has 0 amide bonds. The van der Waals surface area contributed by atoms with Crippen molar-refractivity contribution in [3.8, 4) is 24.7 Å². The Bertz CT molecular complexity index is 571. The molecule has 24 heavy (non-hydrogen) atoms. The third-order valence-electron chi connectivity index (χ3n) is 3.51. The number of terminal acetylenes is 2. The molecule has 0 aromatic carbocycles. The molecule has 0 aliphatic heterocycles. The van der Waals surface area contributed by atoms with E-state index in [4.69, 9.17) is 12.8 Å². The molecule has 0 saturated carbocycles. The van der Waals surface area contributed by atoms with Crippen molar-refractivity contribution < 1.29 is 0 Å². The molecule has 1 heterocycles. The highest BCUT2D eigenvalue weighted by Crippen LogP contribution is 2.19. The zero-order valence-corrected chi connectivity index (χ0v) is 14.9. The Morgan fingerprint density at radius 2 is 1.21 bits per heavy atom. The fraction of sp³-hybridized carbons (Fsp3) is 0.500. The molecule has 0 saturated heterocycles. The maximum absolute atomic E-state index is 5.46. The Kier molecular flexibility index (Phi) is 8.15. The minimum absolute atomic E-state index is 0.439. The van der Waals surface area contributed by atoms with E-state index >= 15 is 0 Å². The van der Waals surface area contributed by atoms with Crippen LogP contribution in [0, 0.1) is 24.7 Å². The quantitative estimate of drug-likeness (QED) is 0.483. The van der Waals surface area contributed by atoms with E-state index in [1.807, 2.05) is 41.5 Å². The predicted molar refractivity (Wildman–Crippen MR) is 101 cm³/mol. The molecule has 1 rings (SSSR count). The van der Waals surface area contributed by atoms with Crippen LogP contribution in [0.4, 0.5) is 17.8 Å². The van der Waals surface area contributed by atoms with Crippen LogP contribution in [0.25, 0.3) is 0 Å². The molecule has 0 aliphatic carbocycles. The lowest BCUT2D eigenvalue weighted by Gasteiger charge is -2.26. The molecular weight excluding hydrogens is 300 g/mol. The summed E-state index contributed by atoms with van der Waals surface area (Å²) in [6.07, 6.45) is 12.7. The Labute approximate surface area is 145 Å². The largest absolute Gasteiger partial charge is 0.337 e. The minimum Gasteiger partial charge on any atom is -0.337 e. The summed E-state index contributed by atoms with van der Waals surface area (Å²) in [6.45, 7) is 13.6. The lowest BCUT2D eigenvalue weighted by molar-refractivity contribution is 0.780. The average molecular weight is 326 g/mol. The second kappa shape index (κ2) is 10.1. The molecule has 128 valence electrons. The molecule has 0 radical (unpaired) electrons. The molecule has 1 aromatic heterocycles. The summed E-state index contributed by atoms with van der Waals surface area (Å²) in [5.41, 5.74) is 0. The SMILES string of the molecule is C#CCN(CC)c1nc(N(CC)CC#C)nc(N(CC)CC=C)n1. The maximum Gasteiger partial charge on any atom is 0.232 e. The van der Waals surface area contributed by atoms with E-state index in [2.05, 4.69) is 33.4 Å². The molecule has 0 spiro atoms. The van der Waals surface area contributed by atoms with Crippen molar-refractivity contribution in [2.75, 3.05) is 54.0 Å². The van der Waals surface area contributed by atoms with Gasteiger partial charge in [0.1, 0.15) is 0 Å². The second-order valence-electron chi connectivity index (χ2n) is 5.00. The van der Waals surface area contributed by atoms with Gasteiger partial charge in [-0.05, 0) is 20.8 Å². The van der Waals surface area contributed by atoms with E-state index in [1.54, 1.807) is 0 Å². The van der Waals surface area contributed by atoms with Crippen molar-refractivity contribution >= 4 is 17.8 Å². The normalized spacial score (nSPS) is 9.71. The smallest absolute Gasteiger partial charge is 0.232 e. The monoisotopic (exact) mass is 326 g/mol. The number of likely N-dealkylation sites (N-methyl/N-ethyl adjacent to an activating group) is 1. The van der Waals surface area contributed by atoms with E-state index in [9.17, 15) is 0 Å². The Morgan fingerprint density at radius 1 is 0.833 bits per heavy atom. The van der Waals surface area contributed by atoms with Gasteiger partial charge in [-0.25, -0.2) is 0 Å². The summed E-state index contributed by atoms with van der Waals surface area (Å²) in [6, 6.07) is 0. The maximum atomic E-state index is 5.46. The Morgan fingerprint density at radius 3 is 1.50 bits per heavy atom. The summed E-state index contributed by atoms with van der Waals surface area (Å²) < 4.78 is 0. The lowest BCUT2D eigenvalue weighted by atomic mass is 10.4. The van der Waals surface area contributed by atoms with Crippen molar-refractivity contribution in [3.05, 3.63) is 12.7 Å². The molecule has 1 aromatic rings. The molecule has 0 fully saturated rings. The number of rotatable bonds is 10. The highest BCUT2D eigenvalue weighted by Gasteiger charge is 2.17. The molecule has 0 bridgehead atoms. The molecular formula is C18H26N6. The van der Waals surface area contributed by atoms with Gasteiger partial charge in [0.25, 0.3) is 0 Å². The molecule has 0 atom stereocenters. The van der Waals surface area contributed by atoms with Gasteiger partial charge in [-0.15, -0.1) is 19.4 Å². The van der Waals surface area contributed by atoms with Gasteiger partial charge in [0.2, 0.25) is 17.8 Å². The topological polar surface area (TPSA) is 48.4 Å². The third kappa shape index (κ3) is 4.89. The van der Waals surface area contributed by atoms with Gasteiger partial charge in [0, 0.05) is 26.2 Å². The fourth-order valence-corrected chi connectivity index (χ4v) is 2.14. The molecule has 0 aliphatic rings. The van der Waals surface area contributed by atoms with Crippen LogP contribution in [0.2, 0.25) is 0 Å². The first-order valence-corrected chi connectivity index (χ1v) is 8.13. The standard InChI is InChI=1S/C18H26N6/c1-7-13-22(10-4)16-19-17(23(11-5)14-8-2)21-18(20-16)24(12-6)15-9-3/h1-2,9H,3,10-15H2,4-6H3. The highest BCUT2D eigenvalue weighted by molar-refractivity contribution is 5.48. The van der Waals surface area contributed by atoms with Crippen LogP contribution in [-0.4, -0.2) is 54.2 Å². The van der Waals surface area contributed by atoms with Crippen molar-refractivity contribution in [2.45, 2.75) is 20.8 Å². The number of hydrogen-bond donors (Lipinski definition) is 0. The second-order valence-corrected chi connectivity index (χ2v) is 5.00. The van der Waals surface area contributed by atoms with Gasteiger partial charge < -0.3 is 14.7 Å². The van der Waals surface area contributed by atoms with E-state index < -0.39 is 0 Å². The number of aromatic nitrogens is 3.